The maximum absolute atomic E-state index is 12.7. The molecule has 1 N–H and O–H groups in total. The van der Waals surface area contributed by atoms with Crippen molar-refractivity contribution in [1.82, 2.24) is 9.55 Å². The highest BCUT2D eigenvalue weighted by atomic mass is 19.4. The topological polar surface area (TPSA) is 71.9 Å². The molecule has 0 fully saturated rings. The first-order valence-corrected chi connectivity index (χ1v) is 5.75. The van der Waals surface area contributed by atoms with Crippen LogP contribution in [0.3, 0.4) is 0 Å². The van der Waals surface area contributed by atoms with Gasteiger partial charge in [-0.1, -0.05) is 6.07 Å². The van der Waals surface area contributed by atoms with Crippen molar-refractivity contribution in [2.45, 2.75) is 13.1 Å². The number of nitrogens with one attached hydrogen (secondary N) is 1. The Morgan fingerprint density at radius 2 is 1.90 bits per heavy atom. The van der Waals surface area contributed by atoms with Crippen LogP contribution in [0.1, 0.15) is 22.8 Å². The van der Waals surface area contributed by atoms with Crippen LogP contribution >= 0.6 is 0 Å². The van der Waals surface area contributed by atoms with Gasteiger partial charge in [0.05, 0.1) is 16.8 Å². The lowest BCUT2D eigenvalue weighted by molar-refractivity contribution is -0.137. The molecule has 0 amide bonds. The average Bonchev–Trinajstić information content (AvgIpc) is 2.37. The lowest BCUT2D eigenvalue weighted by Gasteiger charge is -2.10. The van der Waals surface area contributed by atoms with Gasteiger partial charge in [-0.15, -0.1) is 0 Å². The predicted molar refractivity (Wildman–Crippen MR) is 67.7 cm³/mol. The molecule has 8 heteroatoms. The van der Waals surface area contributed by atoms with Crippen LogP contribution in [-0.4, -0.2) is 15.3 Å². The normalized spacial score (nSPS) is 11.4. The predicted octanol–water partition coefficient (Wildman–Crippen LogP) is 1.75. The highest BCUT2D eigenvalue weighted by Crippen LogP contribution is 2.29. The summed E-state index contributed by atoms with van der Waals surface area (Å²) in [6, 6.07) is 3.73. The van der Waals surface area contributed by atoms with E-state index in [4.69, 9.17) is 0 Å². The number of halogens is 3. The van der Waals surface area contributed by atoms with Crippen molar-refractivity contribution in [3.8, 4) is 5.69 Å². The van der Waals surface area contributed by atoms with Crippen LogP contribution < -0.4 is 11.2 Å². The van der Waals surface area contributed by atoms with E-state index in [1.54, 1.807) is 0 Å². The monoisotopic (exact) mass is 298 g/mol. The van der Waals surface area contributed by atoms with Crippen molar-refractivity contribution in [2.24, 2.45) is 0 Å². The van der Waals surface area contributed by atoms with Crippen LogP contribution in [0.2, 0.25) is 0 Å². The van der Waals surface area contributed by atoms with Crippen LogP contribution in [-0.2, 0) is 6.18 Å². The second-order valence-electron chi connectivity index (χ2n) is 4.25. The Labute approximate surface area is 115 Å². The summed E-state index contributed by atoms with van der Waals surface area (Å²) in [5.74, 6) is -0.600. The number of nitrogens with zero attached hydrogens (tertiary/aromatic N) is 1. The van der Waals surface area contributed by atoms with Gasteiger partial charge in [0, 0.05) is 6.20 Å². The molecule has 0 saturated carbocycles. The summed E-state index contributed by atoms with van der Waals surface area (Å²) in [5, 5.41) is 0. The Hall–Kier alpha value is -2.64. The molecular weight excluding hydrogens is 289 g/mol. The summed E-state index contributed by atoms with van der Waals surface area (Å²) in [6.45, 7) is 1.12. The highest BCUT2D eigenvalue weighted by Gasteiger charge is 2.30. The molecule has 0 aliphatic rings. The molecule has 1 aromatic heterocycles. The second kappa shape index (κ2) is 5.04. The number of carbonyl (C=O) groups excluding carboxylic acids is 1. The van der Waals surface area contributed by atoms with Crippen molar-refractivity contribution in [1.29, 1.82) is 0 Å². The van der Waals surface area contributed by atoms with E-state index in [9.17, 15) is 27.6 Å². The van der Waals surface area contributed by atoms with Crippen LogP contribution in [0.5, 0.6) is 0 Å². The van der Waals surface area contributed by atoms with Gasteiger partial charge < -0.3 is 4.98 Å². The molecule has 1 aromatic carbocycles. The number of H-pyrrole nitrogens is 1. The Morgan fingerprint density at radius 3 is 2.48 bits per heavy atom. The molecule has 0 radical (unpaired) electrons. The van der Waals surface area contributed by atoms with Gasteiger partial charge in [0.25, 0.3) is 5.56 Å². The fourth-order valence-corrected chi connectivity index (χ4v) is 1.78. The summed E-state index contributed by atoms with van der Waals surface area (Å²) in [6.07, 6.45) is -3.67. The third kappa shape index (κ3) is 2.78. The number of Topliss-reactive ketones (excluding diaryl/α,β-unsaturated/α-hetero) is 1. The van der Waals surface area contributed by atoms with Gasteiger partial charge in [-0.25, -0.2) is 9.36 Å². The molecule has 0 spiro atoms. The van der Waals surface area contributed by atoms with Gasteiger partial charge in [-0.05, 0) is 25.1 Å². The van der Waals surface area contributed by atoms with Crippen molar-refractivity contribution in [3.05, 3.63) is 62.4 Å². The molecule has 0 aliphatic carbocycles. The Kier molecular flexibility index (Phi) is 3.54. The fourth-order valence-electron chi connectivity index (χ4n) is 1.78. The number of alkyl halides is 3. The lowest BCUT2D eigenvalue weighted by atomic mass is 10.2. The largest absolute Gasteiger partial charge is 0.416 e. The number of hydrogen-bond donors (Lipinski definition) is 1. The number of carbonyl (C=O) groups is 1. The van der Waals surface area contributed by atoms with Gasteiger partial charge >= 0.3 is 11.9 Å². The van der Waals surface area contributed by atoms with Crippen LogP contribution in [0.15, 0.2) is 40.1 Å². The minimum Gasteiger partial charge on any atom is -0.313 e. The van der Waals surface area contributed by atoms with Crippen molar-refractivity contribution >= 4 is 5.78 Å². The molecule has 0 aliphatic heterocycles. The van der Waals surface area contributed by atoms with Gasteiger partial charge in [0.1, 0.15) is 0 Å². The highest BCUT2D eigenvalue weighted by molar-refractivity contribution is 5.93. The zero-order valence-electron chi connectivity index (χ0n) is 10.7. The van der Waals surface area contributed by atoms with E-state index < -0.39 is 28.8 Å². The van der Waals surface area contributed by atoms with E-state index in [2.05, 4.69) is 4.98 Å². The van der Waals surface area contributed by atoms with Crippen LogP contribution in [0.4, 0.5) is 13.2 Å². The van der Waals surface area contributed by atoms with E-state index in [0.717, 1.165) is 25.3 Å². The van der Waals surface area contributed by atoms with Crippen molar-refractivity contribution in [2.75, 3.05) is 0 Å². The van der Waals surface area contributed by atoms with Gasteiger partial charge in [0.2, 0.25) is 0 Å². The second-order valence-corrected chi connectivity index (χ2v) is 4.25. The third-order valence-corrected chi connectivity index (χ3v) is 2.79. The van der Waals surface area contributed by atoms with E-state index in [1.807, 2.05) is 0 Å². The quantitative estimate of drug-likeness (QED) is 0.858. The lowest BCUT2D eigenvalue weighted by Crippen LogP contribution is -2.36. The molecule has 1 heterocycles. The zero-order chi connectivity index (χ0) is 15.8. The maximum Gasteiger partial charge on any atom is 0.416 e. The van der Waals surface area contributed by atoms with E-state index in [0.29, 0.717) is 10.6 Å². The molecule has 2 aromatic rings. The Morgan fingerprint density at radius 1 is 1.24 bits per heavy atom. The molecule has 21 heavy (non-hydrogen) atoms. The number of aromatic amines is 1. The number of benzene rings is 1. The molecule has 110 valence electrons. The molecule has 5 nitrogen and oxygen atoms in total. The van der Waals surface area contributed by atoms with Gasteiger partial charge in [0.15, 0.2) is 5.78 Å². The van der Waals surface area contributed by atoms with Crippen LogP contribution in [0.25, 0.3) is 5.69 Å². The van der Waals surface area contributed by atoms with Crippen LogP contribution in [0, 0.1) is 0 Å². The molecule has 0 saturated heterocycles. The number of ketones is 1. The Bertz CT molecular complexity index is 818. The summed E-state index contributed by atoms with van der Waals surface area (Å²) >= 11 is 0. The summed E-state index contributed by atoms with van der Waals surface area (Å²) in [4.78, 5) is 37.1. The van der Waals surface area contributed by atoms with Crippen molar-refractivity contribution < 1.29 is 18.0 Å². The smallest absolute Gasteiger partial charge is 0.313 e. The zero-order valence-corrected chi connectivity index (χ0v) is 10.7. The summed E-state index contributed by atoms with van der Waals surface area (Å²) in [5.41, 5.74) is -3.47. The number of rotatable bonds is 2. The van der Waals surface area contributed by atoms with E-state index in [1.165, 1.54) is 6.07 Å². The number of hydrogen-bond acceptors (Lipinski definition) is 3. The van der Waals surface area contributed by atoms with Crippen molar-refractivity contribution in [3.63, 3.8) is 0 Å². The molecule has 0 bridgehead atoms. The average molecular weight is 298 g/mol. The first-order valence-electron chi connectivity index (χ1n) is 5.75. The summed E-state index contributed by atoms with van der Waals surface area (Å²) in [7, 11) is 0. The molecular formula is C13H9F3N2O3. The molecule has 2 rings (SSSR count). The minimum atomic E-state index is -4.61. The minimum absolute atomic E-state index is 0.265. The standard InChI is InChI=1S/C13H9F3N2O3/c1-7(19)10-6-17-12(21)18(11(10)20)9-4-2-3-8(5-9)13(14,15)16/h2-6H,1H3,(H,17,21). The molecule has 0 atom stereocenters. The van der Waals surface area contributed by atoms with Gasteiger partial charge in [-0.2, -0.15) is 13.2 Å². The maximum atomic E-state index is 12.7. The third-order valence-electron chi connectivity index (χ3n) is 2.79. The fraction of sp³-hybridized carbons (Fsp3) is 0.154. The first-order chi connectivity index (χ1) is 9.71. The number of aromatic nitrogens is 2. The first kappa shape index (κ1) is 14.8. The molecule has 0 unspecified atom stereocenters. The Balaban J connectivity index is 2.74. The summed E-state index contributed by atoms with van der Waals surface area (Å²) < 4.78 is 38.5. The SMILES string of the molecule is CC(=O)c1c[nH]c(=O)n(-c2cccc(C(F)(F)F)c2)c1=O. The van der Waals surface area contributed by atoms with E-state index >= 15 is 0 Å². The van der Waals surface area contributed by atoms with E-state index in [-0.39, 0.29) is 11.3 Å². The van der Waals surface area contributed by atoms with Gasteiger partial charge in [-0.3, -0.25) is 9.59 Å².